The molecule has 32 heavy (non-hydrogen) atoms. The van der Waals surface area contributed by atoms with Gasteiger partial charge in [0.25, 0.3) is 0 Å². The molecule has 0 amide bonds. The Bertz CT molecular complexity index is 886. The minimum atomic E-state index is 0.754. The summed E-state index contributed by atoms with van der Waals surface area (Å²) in [5, 5.41) is 6.26. The number of halogens is 4. The van der Waals surface area contributed by atoms with Crippen LogP contribution >= 0.6 is 90.4 Å². The summed E-state index contributed by atoms with van der Waals surface area (Å²) in [6.45, 7) is 0. The van der Waals surface area contributed by atoms with Crippen LogP contribution in [0.1, 0.15) is 0 Å². The van der Waals surface area contributed by atoms with Gasteiger partial charge in [0.1, 0.15) is 0 Å². The standard InChI is InChI=1S/2C8H4I2Se6/c2*9-3-4(10)14-7(13-3)8-15-5-6(16-8)12-2-1-11-5/h2*1-2H2. The SMILES string of the molecule is IC1=C(I)[Se]C(=C2[Se]C3=C([Se]CC[Se]3)[Se]2)[Se]1.IC1=C(I)[Se]C(=C2[Se]C3=C([Se]CC[Se]3)[Se]2)[Se]1. The first-order chi connectivity index (χ1) is 15.5. The van der Waals surface area contributed by atoms with E-state index in [1.807, 2.05) is 27.0 Å². The molecule has 6 rings (SSSR count). The zero-order chi connectivity index (χ0) is 22.2. The van der Waals surface area contributed by atoms with Gasteiger partial charge in [0.15, 0.2) is 0 Å². The molecule has 0 unspecified atom stereocenters. The molecule has 0 spiro atoms. The van der Waals surface area contributed by atoms with Gasteiger partial charge in [0.05, 0.1) is 0 Å². The predicted molar refractivity (Wildman–Crippen MR) is 187 cm³/mol. The van der Waals surface area contributed by atoms with E-state index in [9.17, 15) is 0 Å². The molecule has 0 aromatic heterocycles. The van der Waals surface area contributed by atoms with Crippen LogP contribution in [0.2, 0.25) is 21.3 Å². The van der Waals surface area contributed by atoms with E-state index in [-0.39, 0.29) is 0 Å². The molecule has 0 saturated heterocycles. The van der Waals surface area contributed by atoms with E-state index in [0.29, 0.717) is 0 Å². The van der Waals surface area contributed by atoms with Gasteiger partial charge in [-0.3, -0.25) is 0 Å². The van der Waals surface area contributed by atoms with E-state index in [2.05, 4.69) is 90.4 Å². The van der Waals surface area contributed by atoms with Crippen LogP contribution in [0.5, 0.6) is 0 Å². The topological polar surface area (TPSA) is 0 Å². The summed E-state index contributed by atoms with van der Waals surface area (Å²) >= 11 is 20.4. The molecule has 6 aliphatic heterocycles. The van der Waals surface area contributed by atoms with Gasteiger partial charge in [-0.15, -0.1) is 0 Å². The number of hydrogen-bond donors (Lipinski definition) is 0. The average Bonchev–Trinajstić information content (AvgIpc) is 3.55. The van der Waals surface area contributed by atoms with Crippen LogP contribution in [0.25, 0.3) is 0 Å². The molecule has 0 radical (unpaired) electrons. The van der Waals surface area contributed by atoms with Crippen LogP contribution in [-0.2, 0) is 0 Å². The minimum absolute atomic E-state index is 0.754. The van der Waals surface area contributed by atoms with E-state index in [1.54, 1.807) is 31.2 Å². The first-order valence-electron chi connectivity index (χ1n) is 8.49. The van der Waals surface area contributed by atoms with Gasteiger partial charge in [0.2, 0.25) is 0 Å². The molecule has 0 aromatic carbocycles. The summed E-state index contributed by atoms with van der Waals surface area (Å²) in [4.78, 5) is 0. The molecular weight excluding hydrogens is 1650 g/mol. The predicted octanol–water partition coefficient (Wildman–Crippen LogP) is 2.68. The van der Waals surface area contributed by atoms with Gasteiger partial charge >= 0.3 is 328 Å². The third-order valence-corrected chi connectivity index (χ3v) is 66.4. The van der Waals surface area contributed by atoms with Crippen molar-refractivity contribution in [3.8, 4) is 0 Å². The molecule has 0 fully saturated rings. The monoisotopic (exact) mass is 1670 g/mol. The first kappa shape index (κ1) is 31.0. The van der Waals surface area contributed by atoms with Crippen LogP contribution < -0.4 is 0 Å². The van der Waals surface area contributed by atoms with E-state index in [4.69, 9.17) is 0 Å². The van der Waals surface area contributed by atoms with Crippen molar-refractivity contribution < 1.29 is 0 Å². The van der Waals surface area contributed by atoms with Crippen LogP contribution in [0.3, 0.4) is 0 Å². The molecule has 172 valence electrons. The summed E-state index contributed by atoms with van der Waals surface area (Å²) in [5.74, 6) is 0. The summed E-state index contributed by atoms with van der Waals surface area (Å²) in [6, 6.07) is 0. The Morgan fingerprint density at radius 1 is 0.312 bits per heavy atom. The molecule has 0 atom stereocenters. The summed E-state index contributed by atoms with van der Waals surface area (Å²) in [6.07, 6.45) is 0. The van der Waals surface area contributed by atoms with Crippen molar-refractivity contribution in [3.63, 3.8) is 0 Å². The van der Waals surface area contributed by atoms with Crippen molar-refractivity contribution in [2.24, 2.45) is 0 Å². The number of rotatable bonds is 0. The normalized spacial score (nSPS) is 25.9. The van der Waals surface area contributed by atoms with Gasteiger partial charge in [-0.05, 0) is 0 Å². The fourth-order valence-electron chi connectivity index (χ4n) is 2.30. The molecule has 16 heteroatoms. The molecule has 6 heterocycles. The van der Waals surface area contributed by atoms with Crippen LogP contribution in [0.15, 0.2) is 36.9 Å². The van der Waals surface area contributed by atoms with Gasteiger partial charge in [-0.2, -0.15) is 0 Å². The second-order valence-corrected chi connectivity index (χ2v) is 53.4. The molecule has 6 aliphatic rings. The molecule has 0 N–H and O–H groups in total. The first-order valence-corrected chi connectivity index (χ1v) is 34.8. The number of hydrogen-bond acceptors (Lipinski definition) is 0. The molecule has 0 nitrogen and oxygen atoms in total. The average molecular weight is 1660 g/mol. The van der Waals surface area contributed by atoms with Crippen molar-refractivity contribution in [2.45, 2.75) is 21.3 Å². The zero-order valence-electron chi connectivity index (χ0n) is 15.2. The van der Waals surface area contributed by atoms with Gasteiger partial charge < -0.3 is 0 Å². The fourth-order valence-corrected chi connectivity index (χ4v) is 71.8. The van der Waals surface area contributed by atoms with Crippen molar-refractivity contribution >= 4 is 270 Å². The van der Waals surface area contributed by atoms with E-state index in [0.717, 1.165) is 179 Å². The van der Waals surface area contributed by atoms with Crippen molar-refractivity contribution in [3.05, 3.63) is 36.9 Å². The van der Waals surface area contributed by atoms with E-state index in [1.165, 1.54) is 0 Å². The molecule has 0 bridgehead atoms. The molecule has 0 aromatic rings. The molecule has 0 saturated carbocycles. The summed E-state index contributed by atoms with van der Waals surface area (Å²) in [5.41, 5.74) is 0. The zero-order valence-corrected chi connectivity index (χ0v) is 44.4. The quantitative estimate of drug-likeness (QED) is 0.259. The third kappa shape index (κ3) is 8.36. The Balaban J connectivity index is 0.000000135. The van der Waals surface area contributed by atoms with Crippen LogP contribution in [0.4, 0.5) is 0 Å². The molecular formula is C16H8I4Se12. The van der Waals surface area contributed by atoms with Crippen molar-refractivity contribution in [1.82, 2.24) is 0 Å². The summed E-state index contributed by atoms with van der Waals surface area (Å²) < 4.78 is 22.8. The van der Waals surface area contributed by atoms with Crippen LogP contribution in [-0.4, -0.2) is 179 Å². The van der Waals surface area contributed by atoms with Crippen molar-refractivity contribution in [1.29, 1.82) is 0 Å². The Kier molecular flexibility index (Phi) is 14.9. The Hall–Kier alpha value is 7.59. The Morgan fingerprint density at radius 2 is 0.531 bits per heavy atom. The van der Waals surface area contributed by atoms with Gasteiger partial charge in [-0.25, -0.2) is 0 Å². The van der Waals surface area contributed by atoms with Crippen molar-refractivity contribution in [2.75, 3.05) is 0 Å². The van der Waals surface area contributed by atoms with E-state index >= 15 is 0 Å². The second kappa shape index (κ2) is 15.4. The van der Waals surface area contributed by atoms with Gasteiger partial charge in [0, 0.05) is 0 Å². The maximum atomic E-state index is 2.59. The maximum absolute atomic E-state index is 2.59. The van der Waals surface area contributed by atoms with Gasteiger partial charge in [-0.1, -0.05) is 0 Å². The fraction of sp³-hybridized carbons (Fsp3) is 0.250. The Morgan fingerprint density at radius 3 is 0.781 bits per heavy atom. The summed E-state index contributed by atoms with van der Waals surface area (Å²) in [7, 11) is 0. The van der Waals surface area contributed by atoms with E-state index < -0.39 is 0 Å². The third-order valence-electron chi connectivity index (χ3n) is 3.55. The Labute approximate surface area is 319 Å². The second-order valence-electron chi connectivity index (χ2n) is 5.60. The molecule has 0 aliphatic carbocycles. The van der Waals surface area contributed by atoms with Crippen LogP contribution in [0, 0.1) is 0 Å².